The molecule has 0 bridgehead atoms. The van der Waals surface area contributed by atoms with Crippen LogP contribution in [0.4, 0.5) is 0 Å². The molecule has 2 aromatic carbocycles. The van der Waals surface area contributed by atoms with Crippen LogP contribution >= 0.6 is 27.5 Å². The highest BCUT2D eigenvalue weighted by Gasteiger charge is 2.08. The average Bonchev–Trinajstić information content (AvgIpc) is 2.55. The van der Waals surface area contributed by atoms with Gasteiger partial charge in [-0.15, -0.1) is 0 Å². The number of hydrogen-bond acceptors (Lipinski definition) is 4. The van der Waals surface area contributed by atoms with Gasteiger partial charge >= 0.3 is 0 Å². The zero-order valence-corrected chi connectivity index (χ0v) is 14.8. The van der Waals surface area contributed by atoms with Crippen LogP contribution in [0.2, 0.25) is 5.02 Å². The molecule has 1 amide bonds. The first kappa shape index (κ1) is 17.3. The van der Waals surface area contributed by atoms with Gasteiger partial charge in [0.1, 0.15) is 11.5 Å². The topological polar surface area (TPSA) is 59.9 Å². The summed E-state index contributed by atoms with van der Waals surface area (Å²) in [5.41, 5.74) is 3.61. The number of hydrogen-bond donors (Lipinski definition) is 1. The summed E-state index contributed by atoms with van der Waals surface area (Å²) < 4.78 is 11.2. The Labute approximate surface area is 147 Å². The van der Waals surface area contributed by atoms with Crippen molar-refractivity contribution in [2.75, 3.05) is 14.2 Å². The molecular formula is C16H14BrClN2O3. The number of nitrogens with zero attached hydrogens (tertiary/aromatic N) is 1. The molecule has 0 aromatic heterocycles. The molecule has 0 unspecified atom stereocenters. The Morgan fingerprint density at radius 2 is 1.83 bits per heavy atom. The van der Waals surface area contributed by atoms with Crippen molar-refractivity contribution in [3.05, 3.63) is 57.0 Å². The van der Waals surface area contributed by atoms with Crippen molar-refractivity contribution in [3.63, 3.8) is 0 Å². The molecule has 0 radical (unpaired) electrons. The first-order valence-corrected chi connectivity index (χ1v) is 7.72. The molecule has 0 aliphatic rings. The van der Waals surface area contributed by atoms with Crippen molar-refractivity contribution in [2.24, 2.45) is 5.10 Å². The molecule has 0 saturated heterocycles. The van der Waals surface area contributed by atoms with Crippen molar-refractivity contribution in [1.29, 1.82) is 0 Å². The molecule has 0 saturated carbocycles. The van der Waals surface area contributed by atoms with Gasteiger partial charge in [-0.2, -0.15) is 5.10 Å². The van der Waals surface area contributed by atoms with E-state index < -0.39 is 0 Å². The maximum Gasteiger partial charge on any atom is 0.271 e. The first-order chi connectivity index (χ1) is 11.0. The lowest BCUT2D eigenvalue weighted by Gasteiger charge is -2.09. The van der Waals surface area contributed by atoms with Crippen LogP contribution < -0.4 is 14.9 Å². The smallest absolute Gasteiger partial charge is 0.271 e. The largest absolute Gasteiger partial charge is 0.496 e. The van der Waals surface area contributed by atoms with Crippen molar-refractivity contribution in [3.8, 4) is 11.5 Å². The highest BCUT2D eigenvalue weighted by molar-refractivity contribution is 9.10. The van der Waals surface area contributed by atoms with Crippen LogP contribution in [0.3, 0.4) is 0 Å². The second-order valence-corrected chi connectivity index (χ2v) is 5.73. The van der Waals surface area contributed by atoms with E-state index in [1.807, 2.05) is 0 Å². The van der Waals surface area contributed by atoms with Crippen molar-refractivity contribution in [1.82, 2.24) is 5.43 Å². The predicted molar refractivity (Wildman–Crippen MR) is 93.8 cm³/mol. The van der Waals surface area contributed by atoms with E-state index in [1.54, 1.807) is 50.6 Å². The third-order valence-electron chi connectivity index (χ3n) is 2.98. The lowest BCUT2D eigenvalue weighted by Crippen LogP contribution is -2.17. The Morgan fingerprint density at radius 1 is 1.17 bits per heavy atom. The Morgan fingerprint density at radius 3 is 2.43 bits per heavy atom. The molecule has 23 heavy (non-hydrogen) atoms. The normalized spacial score (nSPS) is 10.6. The third kappa shape index (κ3) is 4.46. The van der Waals surface area contributed by atoms with Gasteiger partial charge in [0.05, 0.1) is 24.9 Å². The van der Waals surface area contributed by atoms with Crippen LogP contribution in [0, 0.1) is 0 Å². The zero-order valence-electron chi connectivity index (χ0n) is 12.5. The van der Waals surface area contributed by atoms with E-state index >= 15 is 0 Å². The minimum atomic E-state index is -0.329. The molecule has 0 aliphatic heterocycles. The number of carbonyl (C=O) groups excluding carboxylic acids is 1. The predicted octanol–water partition coefficient (Wildman–Crippen LogP) is 3.88. The summed E-state index contributed by atoms with van der Waals surface area (Å²) in [7, 11) is 3.12. The van der Waals surface area contributed by atoms with E-state index in [-0.39, 0.29) is 5.91 Å². The van der Waals surface area contributed by atoms with E-state index in [4.69, 9.17) is 21.1 Å². The van der Waals surface area contributed by atoms with Gasteiger partial charge in [0.2, 0.25) is 0 Å². The molecule has 5 nitrogen and oxygen atoms in total. The number of rotatable bonds is 5. The Bertz CT molecular complexity index is 733. The van der Waals surface area contributed by atoms with Gasteiger partial charge in [0, 0.05) is 22.2 Å². The molecule has 0 spiro atoms. The SMILES string of the molecule is COc1cc(OC)c(C=NNC(=O)c2ccc(Cl)cc2)cc1Br. The van der Waals surface area contributed by atoms with E-state index in [2.05, 4.69) is 26.5 Å². The molecule has 7 heteroatoms. The second kappa shape index (κ2) is 7.99. The fraction of sp³-hybridized carbons (Fsp3) is 0.125. The molecule has 2 rings (SSSR count). The quantitative estimate of drug-likeness (QED) is 0.615. The van der Waals surface area contributed by atoms with Gasteiger partial charge in [0.15, 0.2) is 0 Å². The number of ether oxygens (including phenoxy) is 2. The van der Waals surface area contributed by atoms with Gasteiger partial charge in [0.25, 0.3) is 5.91 Å². The summed E-state index contributed by atoms with van der Waals surface area (Å²) in [5.74, 6) is 0.892. The highest BCUT2D eigenvalue weighted by Crippen LogP contribution is 2.31. The summed E-state index contributed by atoms with van der Waals surface area (Å²) >= 11 is 9.18. The van der Waals surface area contributed by atoms with Gasteiger partial charge in [-0.05, 0) is 46.3 Å². The summed E-state index contributed by atoms with van der Waals surface area (Å²) in [5, 5.41) is 4.51. The van der Waals surface area contributed by atoms with Crippen LogP contribution in [0.1, 0.15) is 15.9 Å². The third-order valence-corrected chi connectivity index (χ3v) is 3.85. The minimum absolute atomic E-state index is 0.329. The van der Waals surface area contributed by atoms with E-state index in [9.17, 15) is 4.79 Å². The fourth-order valence-electron chi connectivity index (χ4n) is 1.81. The van der Waals surface area contributed by atoms with Gasteiger partial charge < -0.3 is 9.47 Å². The maximum absolute atomic E-state index is 11.9. The molecule has 2 aromatic rings. The van der Waals surface area contributed by atoms with E-state index in [0.29, 0.717) is 27.6 Å². The average molecular weight is 398 g/mol. The monoisotopic (exact) mass is 396 g/mol. The molecule has 0 heterocycles. The molecule has 120 valence electrons. The number of benzene rings is 2. The van der Waals surface area contributed by atoms with Crippen LogP contribution in [-0.2, 0) is 0 Å². The minimum Gasteiger partial charge on any atom is -0.496 e. The second-order valence-electron chi connectivity index (χ2n) is 4.43. The summed E-state index contributed by atoms with van der Waals surface area (Å²) in [6.07, 6.45) is 1.50. The van der Waals surface area contributed by atoms with Gasteiger partial charge in [-0.3, -0.25) is 4.79 Å². The Balaban J connectivity index is 2.12. The van der Waals surface area contributed by atoms with Crippen LogP contribution in [0.15, 0.2) is 46.0 Å². The van der Waals surface area contributed by atoms with E-state index in [0.717, 1.165) is 4.47 Å². The Kier molecular flexibility index (Phi) is 6.01. The first-order valence-electron chi connectivity index (χ1n) is 6.55. The number of halogens is 2. The Hall–Kier alpha value is -2.05. The standard InChI is InChI=1S/C16H14BrClN2O3/c1-22-14-8-15(23-2)13(17)7-11(14)9-19-20-16(21)10-3-5-12(18)6-4-10/h3-9H,1-2H3,(H,20,21). The van der Waals surface area contributed by atoms with Crippen LogP contribution in [0.5, 0.6) is 11.5 Å². The molecular weight excluding hydrogens is 384 g/mol. The van der Waals surface area contributed by atoms with Crippen LogP contribution in [0.25, 0.3) is 0 Å². The zero-order chi connectivity index (χ0) is 16.8. The van der Waals surface area contributed by atoms with Crippen LogP contribution in [-0.4, -0.2) is 26.3 Å². The summed E-state index contributed by atoms with van der Waals surface area (Å²) in [6, 6.07) is 10.0. The number of amides is 1. The van der Waals surface area contributed by atoms with Crippen molar-refractivity contribution < 1.29 is 14.3 Å². The molecule has 0 atom stereocenters. The summed E-state index contributed by atoms with van der Waals surface area (Å²) in [6.45, 7) is 0. The molecule has 0 aliphatic carbocycles. The summed E-state index contributed by atoms with van der Waals surface area (Å²) in [4.78, 5) is 11.9. The van der Waals surface area contributed by atoms with Crippen molar-refractivity contribution >= 4 is 39.7 Å². The molecule has 1 N–H and O–H groups in total. The number of nitrogens with one attached hydrogen (secondary N) is 1. The van der Waals surface area contributed by atoms with Gasteiger partial charge in [-0.25, -0.2) is 5.43 Å². The highest BCUT2D eigenvalue weighted by atomic mass is 79.9. The number of methoxy groups -OCH3 is 2. The van der Waals surface area contributed by atoms with Gasteiger partial charge in [-0.1, -0.05) is 11.6 Å². The fourth-order valence-corrected chi connectivity index (χ4v) is 2.46. The number of hydrazone groups is 1. The maximum atomic E-state index is 11.9. The van der Waals surface area contributed by atoms with Crippen molar-refractivity contribution in [2.45, 2.75) is 0 Å². The molecule has 0 fully saturated rings. The lowest BCUT2D eigenvalue weighted by molar-refractivity contribution is 0.0955. The number of carbonyl (C=O) groups is 1. The lowest BCUT2D eigenvalue weighted by atomic mass is 10.2. The van der Waals surface area contributed by atoms with E-state index in [1.165, 1.54) is 6.21 Å².